The number of ether oxygens (including phenoxy) is 1. The predicted octanol–water partition coefficient (Wildman–Crippen LogP) is -2.12. The lowest BCUT2D eigenvalue weighted by Crippen LogP contribution is -2.48. The highest BCUT2D eigenvalue weighted by atomic mass is 16.5. The summed E-state index contributed by atoms with van der Waals surface area (Å²) in [6.45, 7) is -0.804. The number of hydrogen-bond donors (Lipinski definition) is 2. The van der Waals surface area contributed by atoms with Crippen molar-refractivity contribution < 1.29 is 24.5 Å². The van der Waals surface area contributed by atoms with Crippen molar-refractivity contribution in [2.24, 2.45) is 0 Å². The SMILES string of the molecule is O=C1COC(CO)[C@@H](O)C1=O. The molecule has 0 aromatic rings. The molecule has 2 atom stereocenters. The van der Waals surface area contributed by atoms with Crippen molar-refractivity contribution >= 4 is 11.6 Å². The van der Waals surface area contributed by atoms with Crippen LogP contribution in [0.15, 0.2) is 0 Å². The molecule has 0 bridgehead atoms. The Labute approximate surface area is 62.6 Å². The second-order valence-corrected chi connectivity index (χ2v) is 2.26. The summed E-state index contributed by atoms with van der Waals surface area (Å²) in [6, 6.07) is 0. The highest BCUT2D eigenvalue weighted by Gasteiger charge is 2.36. The fourth-order valence-corrected chi connectivity index (χ4v) is 0.831. The molecule has 2 N–H and O–H groups in total. The summed E-state index contributed by atoms with van der Waals surface area (Å²) < 4.78 is 4.65. The highest BCUT2D eigenvalue weighted by Crippen LogP contribution is 2.07. The molecule has 0 amide bonds. The number of ketones is 2. The van der Waals surface area contributed by atoms with E-state index < -0.39 is 30.4 Å². The van der Waals surface area contributed by atoms with Crippen LogP contribution in [0.2, 0.25) is 0 Å². The van der Waals surface area contributed by atoms with Crippen LogP contribution < -0.4 is 0 Å². The van der Waals surface area contributed by atoms with Crippen molar-refractivity contribution in [2.75, 3.05) is 13.2 Å². The first-order valence-electron chi connectivity index (χ1n) is 3.14. The van der Waals surface area contributed by atoms with Crippen molar-refractivity contribution in [1.29, 1.82) is 0 Å². The van der Waals surface area contributed by atoms with Crippen molar-refractivity contribution in [3.05, 3.63) is 0 Å². The van der Waals surface area contributed by atoms with Gasteiger partial charge in [-0.2, -0.15) is 0 Å². The topological polar surface area (TPSA) is 83.8 Å². The molecule has 0 spiro atoms. The summed E-state index contributed by atoms with van der Waals surface area (Å²) in [5.74, 6) is -1.63. The van der Waals surface area contributed by atoms with Crippen LogP contribution in [0.3, 0.4) is 0 Å². The Balaban J connectivity index is 2.66. The van der Waals surface area contributed by atoms with E-state index in [4.69, 9.17) is 10.2 Å². The lowest BCUT2D eigenvalue weighted by molar-refractivity contribution is -0.162. The Bertz CT molecular complexity index is 187. The van der Waals surface area contributed by atoms with Crippen molar-refractivity contribution in [1.82, 2.24) is 0 Å². The molecule has 0 aromatic heterocycles. The maximum Gasteiger partial charge on any atom is 0.231 e. The second kappa shape index (κ2) is 3.08. The van der Waals surface area contributed by atoms with Crippen molar-refractivity contribution in [2.45, 2.75) is 12.2 Å². The van der Waals surface area contributed by atoms with E-state index in [0.29, 0.717) is 0 Å². The van der Waals surface area contributed by atoms with E-state index in [0.717, 1.165) is 0 Å². The minimum Gasteiger partial charge on any atom is -0.394 e. The highest BCUT2D eigenvalue weighted by molar-refractivity contribution is 6.40. The maximum atomic E-state index is 10.7. The fraction of sp³-hybridized carbons (Fsp3) is 0.667. The van der Waals surface area contributed by atoms with Crippen LogP contribution in [0, 0.1) is 0 Å². The molecular formula is C6H8O5. The number of rotatable bonds is 1. The Morgan fingerprint density at radius 1 is 1.55 bits per heavy atom. The van der Waals surface area contributed by atoms with Crippen LogP contribution in [0.1, 0.15) is 0 Å². The zero-order valence-corrected chi connectivity index (χ0v) is 5.69. The van der Waals surface area contributed by atoms with E-state index in [9.17, 15) is 9.59 Å². The third kappa shape index (κ3) is 1.45. The molecule has 5 nitrogen and oxygen atoms in total. The molecule has 62 valence electrons. The molecule has 0 radical (unpaired) electrons. The van der Waals surface area contributed by atoms with Crippen LogP contribution >= 0.6 is 0 Å². The van der Waals surface area contributed by atoms with Gasteiger partial charge in [-0.25, -0.2) is 0 Å². The summed E-state index contributed by atoms with van der Waals surface area (Å²) in [4.78, 5) is 21.3. The number of carbonyl (C=O) groups is 2. The van der Waals surface area contributed by atoms with Gasteiger partial charge >= 0.3 is 0 Å². The average Bonchev–Trinajstić information content (AvgIpc) is 2.01. The summed E-state index contributed by atoms with van der Waals surface area (Å²) in [5, 5.41) is 17.5. The maximum absolute atomic E-state index is 10.7. The van der Waals surface area contributed by atoms with E-state index in [1.165, 1.54) is 0 Å². The first-order chi connectivity index (χ1) is 5.16. The summed E-state index contributed by atoms with van der Waals surface area (Å²) in [5.41, 5.74) is 0. The van der Waals surface area contributed by atoms with Crippen LogP contribution in [0.5, 0.6) is 0 Å². The summed E-state index contributed by atoms with van der Waals surface area (Å²) in [6.07, 6.45) is -2.44. The summed E-state index contributed by atoms with van der Waals surface area (Å²) in [7, 11) is 0. The van der Waals surface area contributed by atoms with Gasteiger partial charge in [-0.05, 0) is 0 Å². The zero-order valence-electron chi connectivity index (χ0n) is 5.69. The molecule has 0 saturated carbocycles. The van der Waals surface area contributed by atoms with Crippen molar-refractivity contribution in [3.63, 3.8) is 0 Å². The quantitative estimate of drug-likeness (QED) is 0.428. The van der Waals surface area contributed by atoms with Gasteiger partial charge in [-0.3, -0.25) is 9.59 Å². The van der Waals surface area contributed by atoms with Gasteiger partial charge in [0, 0.05) is 0 Å². The van der Waals surface area contributed by atoms with Crippen molar-refractivity contribution in [3.8, 4) is 0 Å². The smallest absolute Gasteiger partial charge is 0.231 e. The lowest BCUT2D eigenvalue weighted by atomic mass is 10.0. The minimum atomic E-state index is -1.50. The molecule has 0 aliphatic carbocycles. The summed E-state index contributed by atoms with van der Waals surface area (Å²) >= 11 is 0. The molecule has 0 aromatic carbocycles. The van der Waals surface area contributed by atoms with Crippen LogP contribution in [0.25, 0.3) is 0 Å². The normalized spacial score (nSPS) is 32.5. The molecule has 1 unspecified atom stereocenters. The van der Waals surface area contributed by atoms with Crippen LogP contribution in [-0.4, -0.2) is 47.2 Å². The third-order valence-electron chi connectivity index (χ3n) is 1.50. The molecule has 1 aliphatic heterocycles. The first-order valence-corrected chi connectivity index (χ1v) is 3.14. The van der Waals surface area contributed by atoms with Gasteiger partial charge in [0.25, 0.3) is 0 Å². The van der Waals surface area contributed by atoms with Gasteiger partial charge in [0.2, 0.25) is 11.6 Å². The predicted molar refractivity (Wildman–Crippen MR) is 32.8 cm³/mol. The zero-order chi connectivity index (χ0) is 8.43. The first kappa shape index (κ1) is 8.32. The molecule has 1 fully saturated rings. The molecule has 1 heterocycles. The number of carbonyl (C=O) groups excluding carboxylic acids is 2. The number of aliphatic hydroxyl groups excluding tert-OH is 2. The molecule has 1 rings (SSSR count). The van der Waals surface area contributed by atoms with E-state index in [2.05, 4.69) is 4.74 Å². The van der Waals surface area contributed by atoms with Gasteiger partial charge in [-0.15, -0.1) is 0 Å². The van der Waals surface area contributed by atoms with E-state index in [1.807, 2.05) is 0 Å². The molecule has 1 aliphatic rings. The average molecular weight is 160 g/mol. The van der Waals surface area contributed by atoms with E-state index in [1.54, 1.807) is 0 Å². The molecule has 1 saturated heterocycles. The van der Waals surface area contributed by atoms with E-state index in [-0.39, 0.29) is 6.61 Å². The Morgan fingerprint density at radius 3 is 2.73 bits per heavy atom. The lowest BCUT2D eigenvalue weighted by Gasteiger charge is -2.23. The molecule has 5 heteroatoms. The fourth-order valence-electron chi connectivity index (χ4n) is 0.831. The Kier molecular flexibility index (Phi) is 2.33. The van der Waals surface area contributed by atoms with Gasteiger partial charge in [0.15, 0.2) is 0 Å². The van der Waals surface area contributed by atoms with Gasteiger partial charge in [0.1, 0.15) is 18.8 Å². The molecule has 11 heavy (non-hydrogen) atoms. The van der Waals surface area contributed by atoms with Gasteiger partial charge < -0.3 is 14.9 Å². The third-order valence-corrected chi connectivity index (χ3v) is 1.50. The van der Waals surface area contributed by atoms with Crippen LogP contribution in [0.4, 0.5) is 0 Å². The number of Topliss-reactive ketones (excluding diaryl/α,β-unsaturated/α-hetero) is 2. The Morgan fingerprint density at radius 2 is 2.18 bits per heavy atom. The number of aliphatic hydroxyl groups is 2. The van der Waals surface area contributed by atoms with Gasteiger partial charge in [0.05, 0.1) is 6.61 Å². The van der Waals surface area contributed by atoms with Gasteiger partial charge in [-0.1, -0.05) is 0 Å². The minimum absolute atomic E-state index is 0.346. The standard InChI is InChI=1S/C6H8O5/c7-1-4-6(10)5(9)3(8)2-11-4/h4,6-7,10H,1-2H2/t4?,6-/m1/s1. The van der Waals surface area contributed by atoms with Crippen LogP contribution in [-0.2, 0) is 14.3 Å². The number of hydrogen-bond acceptors (Lipinski definition) is 5. The Hall–Kier alpha value is -0.780. The molecular weight excluding hydrogens is 152 g/mol. The monoisotopic (exact) mass is 160 g/mol. The second-order valence-electron chi connectivity index (χ2n) is 2.26. The van der Waals surface area contributed by atoms with E-state index >= 15 is 0 Å². The largest absolute Gasteiger partial charge is 0.394 e.